The summed E-state index contributed by atoms with van der Waals surface area (Å²) in [6.45, 7) is 5.78. The Labute approximate surface area is 106 Å². The van der Waals surface area contributed by atoms with Gasteiger partial charge in [0.15, 0.2) is 5.82 Å². The number of carboxylic acids is 1. The van der Waals surface area contributed by atoms with Crippen LogP contribution in [0.5, 0.6) is 0 Å². The molecule has 0 amide bonds. The average Bonchev–Trinajstić information content (AvgIpc) is 2.84. The van der Waals surface area contributed by atoms with E-state index in [-0.39, 0.29) is 12.5 Å². The van der Waals surface area contributed by atoms with Gasteiger partial charge in [-0.05, 0) is 30.2 Å². The fourth-order valence-corrected chi connectivity index (χ4v) is 1.79. The van der Waals surface area contributed by atoms with E-state index in [9.17, 15) is 4.79 Å². The summed E-state index contributed by atoms with van der Waals surface area (Å²) in [4.78, 5) is 10.9. The number of aliphatic carboxylic acids is 1. The highest BCUT2D eigenvalue weighted by Gasteiger charge is 2.33. The molecule has 0 saturated carbocycles. The molecule has 2 unspecified atom stereocenters. The van der Waals surface area contributed by atoms with Gasteiger partial charge in [0.2, 0.25) is 0 Å². The van der Waals surface area contributed by atoms with Crippen LogP contribution in [0.3, 0.4) is 0 Å². The molecular weight excluding hydrogens is 236 g/mol. The highest BCUT2D eigenvalue weighted by molar-refractivity contribution is 5.67. The first-order chi connectivity index (χ1) is 8.48. The Balaban J connectivity index is 3.10. The Morgan fingerprint density at radius 1 is 1.56 bits per heavy atom. The molecule has 7 heteroatoms. The highest BCUT2D eigenvalue weighted by Crippen LogP contribution is 2.28. The van der Waals surface area contributed by atoms with E-state index in [1.165, 1.54) is 0 Å². The van der Waals surface area contributed by atoms with Crippen LogP contribution in [-0.2, 0) is 15.1 Å². The van der Waals surface area contributed by atoms with E-state index in [0.717, 1.165) is 0 Å². The van der Waals surface area contributed by atoms with E-state index in [4.69, 9.17) is 9.84 Å². The predicted molar refractivity (Wildman–Crippen MR) is 64.0 cm³/mol. The summed E-state index contributed by atoms with van der Waals surface area (Å²) in [7, 11) is 1.60. The minimum absolute atomic E-state index is 0.00194. The van der Waals surface area contributed by atoms with Crippen molar-refractivity contribution in [3.63, 3.8) is 0 Å². The second-order valence-electron chi connectivity index (χ2n) is 4.40. The van der Waals surface area contributed by atoms with Crippen molar-refractivity contribution in [1.82, 2.24) is 20.2 Å². The topological polar surface area (TPSA) is 90.1 Å². The monoisotopic (exact) mass is 256 g/mol. The van der Waals surface area contributed by atoms with Gasteiger partial charge in [-0.2, -0.15) is 0 Å². The highest BCUT2D eigenvalue weighted by atomic mass is 16.5. The van der Waals surface area contributed by atoms with E-state index in [2.05, 4.69) is 15.5 Å². The van der Waals surface area contributed by atoms with Gasteiger partial charge in [-0.25, -0.2) is 4.68 Å². The number of ether oxygens (including phenoxy) is 1. The third-order valence-electron chi connectivity index (χ3n) is 3.32. The van der Waals surface area contributed by atoms with Gasteiger partial charge in [-0.3, -0.25) is 4.79 Å². The zero-order valence-corrected chi connectivity index (χ0v) is 11.3. The van der Waals surface area contributed by atoms with Crippen LogP contribution in [0.15, 0.2) is 0 Å². The number of carboxylic acid groups (broad SMARTS) is 1. The molecule has 0 aliphatic heterocycles. The second-order valence-corrected chi connectivity index (χ2v) is 4.40. The standard InChI is InChI=1S/C11H20N4O3/c1-5-8(7-9(16)17)15-10(12-13-14-15)11(3,6-2)18-4/h8H,5-7H2,1-4H3,(H,16,17). The lowest BCUT2D eigenvalue weighted by molar-refractivity contribution is -0.138. The Morgan fingerprint density at radius 2 is 2.22 bits per heavy atom. The van der Waals surface area contributed by atoms with Crippen molar-refractivity contribution < 1.29 is 14.6 Å². The molecule has 1 N–H and O–H groups in total. The number of nitrogens with zero attached hydrogens (tertiary/aromatic N) is 4. The van der Waals surface area contributed by atoms with Crippen LogP contribution in [0.1, 0.15) is 51.9 Å². The summed E-state index contributed by atoms with van der Waals surface area (Å²) >= 11 is 0. The number of hydrogen-bond donors (Lipinski definition) is 1. The van der Waals surface area contributed by atoms with E-state index in [1.807, 2.05) is 20.8 Å². The zero-order valence-electron chi connectivity index (χ0n) is 11.3. The van der Waals surface area contributed by atoms with Crippen LogP contribution in [0, 0.1) is 0 Å². The normalized spacial score (nSPS) is 16.2. The third kappa shape index (κ3) is 2.84. The first-order valence-electron chi connectivity index (χ1n) is 6.03. The SMILES string of the molecule is CCC(CC(=O)O)n1nnnc1C(C)(CC)OC. The van der Waals surface area contributed by atoms with Gasteiger partial charge in [0.05, 0.1) is 12.5 Å². The maximum atomic E-state index is 10.9. The molecule has 0 aliphatic rings. The summed E-state index contributed by atoms with van der Waals surface area (Å²) in [5.41, 5.74) is -0.602. The van der Waals surface area contributed by atoms with Crippen LogP contribution >= 0.6 is 0 Å². The number of aromatic nitrogens is 4. The van der Waals surface area contributed by atoms with Gasteiger partial charge in [0, 0.05) is 7.11 Å². The number of tetrazole rings is 1. The first kappa shape index (κ1) is 14.6. The molecule has 0 fully saturated rings. The summed E-state index contributed by atoms with van der Waals surface area (Å²) in [5, 5.41) is 20.5. The Morgan fingerprint density at radius 3 is 2.67 bits per heavy atom. The largest absolute Gasteiger partial charge is 0.481 e. The number of methoxy groups -OCH3 is 1. The predicted octanol–water partition coefficient (Wildman–Crippen LogP) is 1.37. The molecule has 0 aliphatic carbocycles. The molecule has 1 aromatic rings. The lowest BCUT2D eigenvalue weighted by Gasteiger charge is -2.27. The summed E-state index contributed by atoms with van der Waals surface area (Å²) < 4.78 is 7.03. The Kier molecular flexibility index (Phi) is 4.77. The smallest absolute Gasteiger partial charge is 0.305 e. The molecule has 7 nitrogen and oxygen atoms in total. The summed E-state index contributed by atoms with van der Waals surface area (Å²) in [6, 6.07) is -0.256. The Bertz CT molecular complexity index is 401. The number of carbonyl (C=O) groups is 1. The molecule has 0 spiro atoms. The molecule has 1 rings (SSSR count). The molecule has 2 atom stereocenters. The average molecular weight is 256 g/mol. The van der Waals surface area contributed by atoms with Crippen molar-refractivity contribution in [3.8, 4) is 0 Å². The third-order valence-corrected chi connectivity index (χ3v) is 3.32. The second kappa shape index (κ2) is 5.90. The minimum atomic E-state index is -0.862. The van der Waals surface area contributed by atoms with Gasteiger partial charge >= 0.3 is 5.97 Å². The summed E-state index contributed by atoms with van der Waals surface area (Å²) in [6.07, 6.45) is 1.35. The van der Waals surface area contributed by atoms with Gasteiger partial charge in [0.25, 0.3) is 0 Å². The summed E-state index contributed by atoms with van der Waals surface area (Å²) in [5.74, 6) is -0.292. The zero-order chi connectivity index (χ0) is 13.8. The van der Waals surface area contributed by atoms with Crippen LogP contribution < -0.4 is 0 Å². The van der Waals surface area contributed by atoms with Crippen molar-refractivity contribution in [3.05, 3.63) is 5.82 Å². The van der Waals surface area contributed by atoms with Gasteiger partial charge in [-0.15, -0.1) is 5.10 Å². The van der Waals surface area contributed by atoms with E-state index in [0.29, 0.717) is 18.7 Å². The van der Waals surface area contributed by atoms with Crippen molar-refractivity contribution in [2.75, 3.05) is 7.11 Å². The quantitative estimate of drug-likeness (QED) is 0.792. The fourth-order valence-electron chi connectivity index (χ4n) is 1.79. The lowest BCUT2D eigenvalue weighted by Crippen LogP contribution is -2.30. The van der Waals surface area contributed by atoms with E-state index < -0.39 is 11.6 Å². The van der Waals surface area contributed by atoms with E-state index in [1.54, 1.807) is 11.8 Å². The van der Waals surface area contributed by atoms with Crippen LogP contribution in [0.2, 0.25) is 0 Å². The van der Waals surface area contributed by atoms with E-state index >= 15 is 0 Å². The van der Waals surface area contributed by atoms with Gasteiger partial charge < -0.3 is 9.84 Å². The van der Waals surface area contributed by atoms with Crippen molar-refractivity contribution in [2.45, 2.75) is 51.7 Å². The minimum Gasteiger partial charge on any atom is -0.481 e. The van der Waals surface area contributed by atoms with Crippen molar-refractivity contribution in [1.29, 1.82) is 0 Å². The molecule has 0 radical (unpaired) electrons. The van der Waals surface area contributed by atoms with Gasteiger partial charge in [0.1, 0.15) is 5.60 Å². The molecule has 1 aromatic heterocycles. The van der Waals surface area contributed by atoms with Crippen LogP contribution in [-0.4, -0.2) is 38.4 Å². The maximum absolute atomic E-state index is 10.9. The Hall–Kier alpha value is -1.50. The molecule has 0 saturated heterocycles. The van der Waals surface area contributed by atoms with Crippen LogP contribution in [0.4, 0.5) is 0 Å². The van der Waals surface area contributed by atoms with Crippen molar-refractivity contribution >= 4 is 5.97 Å². The lowest BCUT2D eigenvalue weighted by atomic mass is 10.0. The van der Waals surface area contributed by atoms with Crippen LogP contribution in [0.25, 0.3) is 0 Å². The molecule has 0 bridgehead atoms. The first-order valence-corrected chi connectivity index (χ1v) is 6.03. The molecule has 0 aromatic carbocycles. The number of hydrogen-bond acceptors (Lipinski definition) is 5. The molecular formula is C11H20N4O3. The fraction of sp³-hybridized carbons (Fsp3) is 0.818. The molecule has 18 heavy (non-hydrogen) atoms. The molecule has 102 valence electrons. The van der Waals surface area contributed by atoms with Crippen molar-refractivity contribution in [2.24, 2.45) is 0 Å². The molecule has 1 heterocycles. The maximum Gasteiger partial charge on any atom is 0.305 e. The number of rotatable bonds is 7. The van der Waals surface area contributed by atoms with Gasteiger partial charge in [-0.1, -0.05) is 13.8 Å².